The molecule has 1 aliphatic heterocycles. The molecule has 1 atom stereocenters. The molecule has 1 aromatic carbocycles. The van der Waals surface area contributed by atoms with Crippen molar-refractivity contribution in [2.75, 3.05) is 0 Å². The number of carboxylic acids is 1. The molecule has 0 saturated carbocycles. The molecule has 1 aromatic rings. The maximum Gasteiger partial charge on any atom is 0.390 e. The smallest absolute Gasteiger partial charge is 0.390 e. The first kappa shape index (κ1) is 7.91. The molecular weight excluding hydrogens is 172 g/mol. The lowest BCUT2D eigenvalue weighted by Crippen LogP contribution is -2.43. The minimum absolute atomic E-state index is 0.410. The van der Waals surface area contributed by atoms with Gasteiger partial charge in [0, 0.05) is 6.92 Å². The zero-order chi connectivity index (χ0) is 9.47. The Hall–Kier alpha value is -1.71. The first-order valence-corrected chi connectivity index (χ1v) is 3.73. The normalized spacial score (nSPS) is 17.0. The van der Waals surface area contributed by atoms with Gasteiger partial charge in [-0.2, -0.15) is 0 Å². The fourth-order valence-electron chi connectivity index (χ4n) is 1.09. The maximum atomic E-state index is 10.7. The molecule has 0 aromatic heterocycles. The Bertz CT molecular complexity index is 333. The Labute approximate surface area is 74.7 Å². The van der Waals surface area contributed by atoms with Crippen LogP contribution in [0, 0.1) is 6.07 Å². The lowest BCUT2D eigenvalue weighted by atomic mass is 10.3. The average Bonchev–Trinajstić information content (AvgIpc) is 2.42. The summed E-state index contributed by atoms with van der Waals surface area (Å²) in [7, 11) is 0. The van der Waals surface area contributed by atoms with Gasteiger partial charge in [-0.05, 0) is 18.2 Å². The van der Waals surface area contributed by atoms with Crippen molar-refractivity contribution in [2.45, 2.75) is 12.7 Å². The van der Waals surface area contributed by atoms with Crippen molar-refractivity contribution in [3.05, 3.63) is 24.3 Å². The largest absolute Gasteiger partial charge is 0.475 e. The molecule has 0 saturated heterocycles. The van der Waals surface area contributed by atoms with Gasteiger partial charge in [-0.25, -0.2) is 4.79 Å². The highest BCUT2D eigenvalue weighted by molar-refractivity contribution is 5.77. The van der Waals surface area contributed by atoms with Gasteiger partial charge in [0.05, 0.1) is 0 Å². The van der Waals surface area contributed by atoms with Gasteiger partial charge < -0.3 is 14.6 Å². The molecule has 1 unspecified atom stereocenters. The highest BCUT2D eigenvalue weighted by Crippen LogP contribution is 2.38. The second-order valence-corrected chi connectivity index (χ2v) is 2.83. The summed E-state index contributed by atoms with van der Waals surface area (Å²) in [5.41, 5.74) is 0. The van der Waals surface area contributed by atoms with Gasteiger partial charge in [-0.1, -0.05) is 6.07 Å². The van der Waals surface area contributed by atoms with E-state index in [-0.39, 0.29) is 0 Å². The van der Waals surface area contributed by atoms with Crippen LogP contribution in [0.1, 0.15) is 6.92 Å². The number of fused-ring (bicyclic) bond motifs is 1. The molecule has 4 heteroatoms. The highest BCUT2D eigenvalue weighted by Gasteiger charge is 2.44. The summed E-state index contributed by atoms with van der Waals surface area (Å²) in [6.45, 7) is 1.36. The Morgan fingerprint density at radius 2 is 2.23 bits per heavy atom. The predicted molar refractivity (Wildman–Crippen MR) is 42.6 cm³/mol. The lowest BCUT2D eigenvalue weighted by Gasteiger charge is -2.16. The SMILES string of the molecule is CC1(C(=O)O)Oc2c[c]ccc2O1. The van der Waals surface area contributed by atoms with Crippen LogP contribution >= 0.6 is 0 Å². The Morgan fingerprint density at radius 3 is 2.85 bits per heavy atom. The third kappa shape index (κ3) is 1.11. The van der Waals surface area contributed by atoms with Crippen molar-refractivity contribution in [3.63, 3.8) is 0 Å². The summed E-state index contributed by atoms with van der Waals surface area (Å²) in [6.07, 6.45) is 0. The van der Waals surface area contributed by atoms with Gasteiger partial charge in [0.2, 0.25) is 0 Å². The van der Waals surface area contributed by atoms with Crippen LogP contribution in [0.2, 0.25) is 0 Å². The first-order valence-electron chi connectivity index (χ1n) is 3.73. The number of hydrogen-bond acceptors (Lipinski definition) is 3. The van der Waals surface area contributed by atoms with Crippen molar-refractivity contribution in [2.24, 2.45) is 0 Å². The standard InChI is InChI=1S/C9H7O4/c1-9(8(10)11)12-6-4-2-3-5-7(6)13-9/h2,4-5H,1H3,(H,10,11). The summed E-state index contributed by atoms with van der Waals surface area (Å²) in [5, 5.41) is 8.78. The van der Waals surface area contributed by atoms with Gasteiger partial charge in [0.1, 0.15) is 0 Å². The predicted octanol–water partition coefficient (Wildman–Crippen LogP) is 1.06. The zero-order valence-corrected chi connectivity index (χ0v) is 6.90. The van der Waals surface area contributed by atoms with E-state index in [0.29, 0.717) is 11.5 Å². The fraction of sp³-hybridized carbons (Fsp3) is 0.222. The minimum Gasteiger partial charge on any atom is -0.475 e. The van der Waals surface area contributed by atoms with Crippen molar-refractivity contribution in [3.8, 4) is 11.5 Å². The quantitative estimate of drug-likeness (QED) is 0.700. The average molecular weight is 179 g/mol. The van der Waals surface area contributed by atoms with Crippen LogP contribution in [-0.2, 0) is 4.79 Å². The molecule has 1 N–H and O–H groups in total. The summed E-state index contributed by atoms with van der Waals surface area (Å²) < 4.78 is 10.2. The summed E-state index contributed by atoms with van der Waals surface area (Å²) in [4.78, 5) is 10.7. The molecule has 1 heterocycles. The Balaban J connectivity index is 2.37. The van der Waals surface area contributed by atoms with Gasteiger partial charge in [-0.3, -0.25) is 0 Å². The zero-order valence-electron chi connectivity index (χ0n) is 6.90. The molecule has 1 aliphatic rings. The lowest BCUT2D eigenvalue weighted by molar-refractivity contribution is -0.173. The van der Waals surface area contributed by atoms with Crippen molar-refractivity contribution >= 4 is 5.97 Å². The molecule has 0 amide bonds. The van der Waals surface area contributed by atoms with E-state index in [1.165, 1.54) is 6.92 Å². The molecule has 2 rings (SSSR count). The van der Waals surface area contributed by atoms with E-state index < -0.39 is 11.8 Å². The molecule has 1 radical (unpaired) electrons. The number of carbonyl (C=O) groups is 1. The second kappa shape index (κ2) is 2.39. The van der Waals surface area contributed by atoms with E-state index in [1.54, 1.807) is 18.2 Å². The first-order chi connectivity index (χ1) is 6.12. The van der Waals surface area contributed by atoms with Crippen LogP contribution in [0.15, 0.2) is 18.2 Å². The van der Waals surface area contributed by atoms with E-state index in [9.17, 15) is 4.79 Å². The van der Waals surface area contributed by atoms with E-state index in [0.717, 1.165) is 0 Å². The van der Waals surface area contributed by atoms with Crippen molar-refractivity contribution < 1.29 is 19.4 Å². The molecular formula is C9H7O4. The molecule has 67 valence electrons. The van der Waals surface area contributed by atoms with Crippen LogP contribution < -0.4 is 9.47 Å². The van der Waals surface area contributed by atoms with Gasteiger partial charge in [0.25, 0.3) is 0 Å². The maximum absolute atomic E-state index is 10.7. The molecule has 0 fully saturated rings. The number of ether oxygens (including phenoxy) is 2. The molecule has 0 bridgehead atoms. The second-order valence-electron chi connectivity index (χ2n) is 2.83. The van der Waals surface area contributed by atoms with E-state index >= 15 is 0 Å². The summed E-state index contributed by atoms with van der Waals surface area (Å²) >= 11 is 0. The van der Waals surface area contributed by atoms with Crippen LogP contribution in [-0.4, -0.2) is 16.9 Å². The van der Waals surface area contributed by atoms with E-state index in [2.05, 4.69) is 6.07 Å². The van der Waals surface area contributed by atoms with Gasteiger partial charge >= 0.3 is 11.8 Å². The molecule has 4 nitrogen and oxygen atoms in total. The van der Waals surface area contributed by atoms with Gasteiger partial charge in [0.15, 0.2) is 11.5 Å². The Kier molecular flexibility index (Phi) is 1.45. The van der Waals surface area contributed by atoms with E-state index in [4.69, 9.17) is 14.6 Å². The van der Waals surface area contributed by atoms with Crippen LogP contribution in [0.25, 0.3) is 0 Å². The fourth-order valence-corrected chi connectivity index (χ4v) is 1.09. The molecule has 13 heavy (non-hydrogen) atoms. The van der Waals surface area contributed by atoms with Crippen LogP contribution in [0.4, 0.5) is 0 Å². The number of benzene rings is 1. The summed E-state index contributed by atoms with van der Waals surface area (Å²) in [5.74, 6) is -1.91. The van der Waals surface area contributed by atoms with Crippen LogP contribution in [0.5, 0.6) is 11.5 Å². The number of aliphatic carboxylic acids is 1. The van der Waals surface area contributed by atoms with Gasteiger partial charge in [-0.15, -0.1) is 0 Å². The Morgan fingerprint density at radius 1 is 1.54 bits per heavy atom. The highest BCUT2D eigenvalue weighted by atomic mass is 16.7. The molecule has 0 spiro atoms. The van der Waals surface area contributed by atoms with Crippen molar-refractivity contribution in [1.29, 1.82) is 0 Å². The van der Waals surface area contributed by atoms with E-state index in [1.807, 2.05) is 0 Å². The third-order valence-electron chi connectivity index (χ3n) is 1.79. The number of rotatable bonds is 1. The topological polar surface area (TPSA) is 55.8 Å². The summed E-state index contributed by atoms with van der Waals surface area (Å²) in [6, 6.07) is 7.57. The third-order valence-corrected chi connectivity index (χ3v) is 1.79. The van der Waals surface area contributed by atoms with Crippen molar-refractivity contribution in [1.82, 2.24) is 0 Å². The minimum atomic E-state index is -1.60. The number of carboxylic acid groups (broad SMARTS) is 1. The monoisotopic (exact) mass is 179 g/mol. The molecule has 0 aliphatic carbocycles. The number of hydrogen-bond donors (Lipinski definition) is 1. The van der Waals surface area contributed by atoms with Crippen LogP contribution in [0.3, 0.4) is 0 Å².